The van der Waals surface area contributed by atoms with Crippen LogP contribution in [0.2, 0.25) is 0 Å². The maximum absolute atomic E-state index is 11.0. The number of fused-ring (bicyclic) bond motifs is 5. The summed E-state index contributed by atoms with van der Waals surface area (Å²) in [6.45, 7) is 4.64. The second-order valence-electron chi connectivity index (χ2n) is 8.49. The van der Waals surface area contributed by atoms with E-state index in [4.69, 9.17) is 6.42 Å². The second-order valence-corrected chi connectivity index (χ2v) is 8.49. The van der Waals surface area contributed by atoms with Gasteiger partial charge in [-0.2, -0.15) is 0 Å². The predicted molar refractivity (Wildman–Crippen MR) is 91.1 cm³/mol. The number of aryl methyl sites for hydroxylation is 1. The molecule has 0 saturated heterocycles. The van der Waals surface area contributed by atoms with Gasteiger partial charge in [-0.3, -0.25) is 0 Å². The van der Waals surface area contributed by atoms with Crippen LogP contribution in [0.1, 0.15) is 63.0 Å². The smallest absolute Gasteiger partial charge is 0.130 e. The van der Waals surface area contributed by atoms with Gasteiger partial charge in [-0.05, 0) is 79.0 Å². The summed E-state index contributed by atoms with van der Waals surface area (Å²) in [7, 11) is 0. The largest absolute Gasteiger partial charge is 0.508 e. The molecule has 1 aromatic carbocycles. The molecule has 0 amide bonds. The summed E-state index contributed by atoms with van der Waals surface area (Å²) in [5.74, 6) is 4.10. The van der Waals surface area contributed by atoms with Crippen LogP contribution in [0.4, 0.5) is 0 Å². The standard InChI is InChI=1S/C21H26O2/c1-4-21(23)12-9-18-19(2)10-7-14-13-15(22)5-6-16(14)17(19)8-11-20(18,21)3/h1,5-6,13,17-18,22-23H,7-12H2,2-3H3/t17?,18-,19?,20?,21?/m0/s1. The first-order valence-electron chi connectivity index (χ1n) is 8.86. The van der Waals surface area contributed by atoms with Gasteiger partial charge in [0.25, 0.3) is 0 Å². The van der Waals surface area contributed by atoms with Gasteiger partial charge in [-0.1, -0.05) is 25.8 Å². The van der Waals surface area contributed by atoms with E-state index in [9.17, 15) is 10.2 Å². The van der Waals surface area contributed by atoms with Gasteiger partial charge < -0.3 is 10.2 Å². The van der Waals surface area contributed by atoms with Crippen LogP contribution in [0.15, 0.2) is 18.2 Å². The maximum Gasteiger partial charge on any atom is 0.130 e. The second kappa shape index (κ2) is 4.54. The highest BCUT2D eigenvalue weighted by Crippen LogP contribution is 2.69. The van der Waals surface area contributed by atoms with E-state index < -0.39 is 5.60 Å². The summed E-state index contributed by atoms with van der Waals surface area (Å²) in [5.41, 5.74) is 1.80. The monoisotopic (exact) mass is 310 g/mol. The highest BCUT2D eigenvalue weighted by molar-refractivity contribution is 5.42. The van der Waals surface area contributed by atoms with E-state index in [0.29, 0.717) is 17.6 Å². The number of terminal acetylenes is 1. The van der Waals surface area contributed by atoms with Crippen LogP contribution >= 0.6 is 0 Å². The quantitative estimate of drug-likeness (QED) is 0.711. The van der Waals surface area contributed by atoms with Gasteiger partial charge in [0, 0.05) is 5.41 Å². The Labute approximate surface area is 138 Å². The van der Waals surface area contributed by atoms with E-state index in [0.717, 1.165) is 38.5 Å². The van der Waals surface area contributed by atoms with E-state index in [1.165, 1.54) is 11.1 Å². The fourth-order valence-corrected chi connectivity index (χ4v) is 6.35. The molecule has 4 unspecified atom stereocenters. The Bertz CT molecular complexity index is 702. The van der Waals surface area contributed by atoms with E-state index >= 15 is 0 Å². The van der Waals surface area contributed by atoms with Crippen molar-refractivity contribution in [2.45, 2.75) is 63.9 Å². The first-order chi connectivity index (χ1) is 10.8. The normalized spacial score (nSPS) is 44.8. The van der Waals surface area contributed by atoms with Crippen LogP contribution in [0, 0.1) is 29.1 Å². The number of phenols is 1. The molecule has 2 fully saturated rings. The van der Waals surface area contributed by atoms with E-state index in [1.54, 1.807) is 0 Å². The van der Waals surface area contributed by atoms with Gasteiger partial charge in [-0.15, -0.1) is 6.42 Å². The lowest BCUT2D eigenvalue weighted by molar-refractivity contribution is -0.0967. The van der Waals surface area contributed by atoms with Gasteiger partial charge >= 0.3 is 0 Å². The molecule has 2 saturated carbocycles. The Morgan fingerprint density at radius 3 is 2.70 bits per heavy atom. The van der Waals surface area contributed by atoms with E-state index in [1.807, 2.05) is 12.1 Å². The van der Waals surface area contributed by atoms with Crippen molar-refractivity contribution < 1.29 is 10.2 Å². The summed E-state index contributed by atoms with van der Waals surface area (Å²) >= 11 is 0. The molecule has 0 radical (unpaired) electrons. The minimum Gasteiger partial charge on any atom is -0.508 e. The molecule has 3 aliphatic carbocycles. The lowest BCUT2D eigenvalue weighted by atomic mass is 9.47. The molecule has 0 aliphatic heterocycles. The van der Waals surface area contributed by atoms with Crippen LogP contribution in [0.5, 0.6) is 5.75 Å². The minimum atomic E-state index is -0.944. The molecule has 1 aromatic rings. The lowest BCUT2D eigenvalue weighted by Crippen LogP contribution is -2.54. The number of aromatic hydroxyl groups is 1. The minimum absolute atomic E-state index is 0.165. The molecule has 2 nitrogen and oxygen atoms in total. The first-order valence-corrected chi connectivity index (χ1v) is 8.86. The molecule has 0 aromatic heterocycles. The van der Waals surface area contributed by atoms with Gasteiger partial charge in [0.15, 0.2) is 0 Å². The molecular formula is C21H26O2. The van der Waals surface area contributed by atoms with E-state index in [-0.39, 0.29) is 10.8 Å². The van der Waals surface area contributed by atoms with Crippen LogP contribution in [0.3, 0.4) is 0 Å². The zero-order valence-electron chi connectivity index (χ0n) is 14.1. The van der Waals surface area contributed by atoms with Crippen molar-refractivity contribution in [3.8, 4) is 18.1 Å². The Morgan fingerprint density at radius 2 is 1.96 bits per heavy atom. The number of rotatable bonds is 0. The third kappa shape index (κ3) is 1.75. The number of benzene rings is 1. The third-order valence-electron chi connectivity index (χ3n) is 7.73. The van der Waals surface area contributed by atoms with Crippen LogP contribution in [-0.4, -0.2) is 15.8 Å². The maximum atomic E-state index is 11.0. The Hall–Kier alpha value is -1.46. The molecule has 23 heavy (non-hydrogen) atoms. The van der Waals surface area contributed by atoms with E-state index in [2.05, 4.69) is 25.8 Å². The molecule has 0 heterocycles. The molecule has 4 rings (SSSR count). The Morgan fingerprint density at radius 1 is 1.17 bits per heavy atom. The van der Waals surface area contributed by atoms with Crippen molar-refractivity contribution >= 4 is 0 Å². The predicted octanol–water partition coefficient (Wildman–Crippen LogP) is 4.00. The van der Waals surface area contributed by atoms with Crippen molar-refractivity contribution in [1.29, 1.82) is 0 Å². The molecule has 0 bridgehead atoms. The zero-order valence-corrected chi connectivity index (χ0v) is 14.1. The van der Waals surface area contributed by atoms with Gasteiger partial charge in [0.2, 0.25) is 0 Å². The number of hydrogen-bond acceptors (Lipinski definition) is 2. The fraction of sp³-hybridized carbons (Fsp3) is 0.619. The summed E-state index contributed by atoms with van der Waals surface area (Å²) in [6.07, 6.45) is 11.7. The summed E-state index contributed by atoms with van der Waals surface area (Å²) in [5, 5.41) is 20.8. The average Bonchev–Trinajstić information content (AvgIpc) is 2.80. The number of hydrogen-bond donors (Lipinski definition) is 2. The van der Waals surface area contributed by atoms with Crippen molar-refractivity contribution in [2.24, 2.45) is 16.7 Å². The van der Waals surface area contributed by atoms with Crippen molar-refractivity contribution in [3.63, 3.8) is 0 Å². The van der Waals surface area contributed by atoms with Gasteiger partial charge in [0.1, 0.15) is 11.4 Å². The molecule has 2 N–H and O–H groups in total. The highest BCUT2D eigenvalue weighted by Gasteiger charge is 2.64. The van der Waals surface area contributed by atoms with Gasteiger partial charge in [-0.25, -0.2) is 0 Å². The van der Waals surface area contributed by atoms with Crippen LogP contribution in [0.25, 0.3) is 0 Å². The molecule has 0 spiro atoms. The third-order valence-corrected chi connectivity index (χ3v) is 7.73. The van der Waals surface area contributed by atoms with Crippen LogP contribution in [-0.2, 0) is 6.42 Å². The SMILES string of the molecule is C#CC1(O)CC[C@H]2C3(C)CCc4cc(O)ccc4C3CCC21C. The molecule has 3 aliphatic rings. The zero-order chi connectivity index (χ0) is 16.5. The van der Waals surface area contributed by atoms with Gasteiger partial charge in [0.05, 0.1) is 0 Å². The fourth-order valence-electron chi connectivity index (χ4n) is 6.35. The molecular weight excluding hydrogens is 284 g/mol. The average molecular weight is 310 g/mol. The topological polar surface area (TPSA) is 40.5 Å². The van der Waals surface area contributed by atoms with Crippen molar-refractivity contribution in [2.75, 3.05) is 0 Å². The molecule has 2 heteroatoms. The summed E-state index contributed by atoms with van der Waals surface area (Å²) in [6, 6.07) is 5.89. The summed E-state index contributed by atoms with van der Waals surface area (Å²) < 4.78 is 0. The van der Waals surface area contributed by atoms with Crippen LogP contribution < -0.4 is 0 Å². The highest BCUT2D eigenvalue weighted by atomic mass is 16.3. The number of phenolic OH excluding ortho intramolecular Hbond substituents is 1. The molecule has 5 atom stereocenters. The lowest BCUT2D eigenvalue weighted by Gasteiger charge is -2.58. The summed E-state index contributed by atoms with van der Waals surface area (Å²) in [4.78, 5) is 0. The van der Waals surface area contributed by atoms with Crippen molar-refractivity contribution in [1.82, 2.24) is 0 Å². The first kappa shape index (κ1) is 15.1. The Balaban J connectivity index is 1.79. The van der Waals surface area contributed by atoms with Crippen molar-refractivity contribution in [3.05, 3.63) is 29.3 Å². The Kier molecular flexibility index (Phi) is 2.98. The number of aliphatic hydroxyl groups is 1. The molecule has 122 valence electrons.